The van der Waals surface area contributed by atoms with Crippen molar-refractivity contribution in [3.05, 3.63) is 65.2 Å². The number of hydrogen-bond donors (Lipinski definition) is 2. The molecule has 1 atom stereocenters. The fraction of sp³-hybridized carbons (Fsp3) is 0.278. The van der Waals surface area contributed by atoms with Crippen LogP contribution in [0.2, 0.25) is 0 Å². The number of aryl methyl sites for hydroxylation is 1. The molecule has 0 radical (unpaired) electrons. The first-order valence-electron chi connectivity index (χ1n) is 7.82. The van der Waals surface area contributed by atoms with Crippen molar-refractivity contribution in [2.45, 2.75) is 18.9 Å². The van der Waals surface area contributed by atoms with Crippen molar-refractivity contribution >= 4 is 11.7 Å². The standard InChI is InChI=1S/C18H18F2N2O2/c19-14-6-3-7-15(17(14)20)21-18(24)22(10-11-23)16-9-8-12-4-1-2-5-13(12)16/h1-7,16,23H,8-11H2,(H,21,24). The Bertz CT molecular complexity index is 752. The summed E-state index contributed by atoms with van der Waals surface area (Å²) in [5, 5.41) is 11.7. The van der Waals surface area contributed by atoms with Crippen LogP contribution in [-0.2, 0) is 6.42 Å². The quantitative estimate of drug-likeness (QED) is 0.901. The van der Waals surface area contributed by atoms with Crippen molar-refractivity contribution in [3.8, 4) is 0 Å². The number of hydrogen-bond acceptors (Lipinski definition) is 2. The fourth-order valence-corrected chi connectivity index (χ4v) is 3.15. The third-order valence-corrected chi connectivity index (χ3v) is 4.27. The van der Waals surface area contributed by atoms with Crippen molar-refractivity contribution in [2.75, 3.05) is 18.5 Å². The van der Waals surface area contributed by atoms with Gasteiger partial charge in [0.05, 0.1) is 18.3 Å². The molecule has 24 heavy (non-hydrogen) atoms. The first kappa shape index (κ1) is 16.4. The second-order valence-electron chi connectivity index (χ2n) is 5.70. The molecular weight excluding hydrogens is 314 g/mol. The molecule has 2 aromatic carbocycles. The van der Waals surface area contributed by atoms with E-state index in [1.54, 1.807) is 0 Å². The molecule has 1 aliphatic carbocycles. The molecule has 2 amide bonds. The van der Waals surface area contributed by atoms with Crippen LogP contribution in [0.1, 0.15) is 23.6 Å². The lowest BCUT2D eigenvalue weighted by atomic mass is 10.1. The highest BCUT2D eigenvalue weighted by molar-refractivity contribution is 5.89. The predicted octanol–water partition coefficient (Wildman–Crippen LogP) is 3.48. The van der Waals surface area contributed by atoms with Crippen molar-refractivity contribution < 1.29 is 18.7 Å². The van der Waals surface area contributed by atoms with Crippen LogP contribution >= 0.6 is 0 Å². The van der Waals surface area contributed by atoms with Crippen molar-refractivity contribution in [2.24, 2.45) is 0 Å². The maximum absolute atomic E-state index is 13.8. The van der Waals surface area contributed by atoms with Crippen molar-refractivity contribution in [1.29, 1.82) is 0 Å². The molecule has 0 saturated heterocycles. The normalized spacial score (nSPS) is 15.9. The lowest BCUT2D eigenvalue weighted by Gasteiger charge is -2.29. The molecule has 0 saturated carbocycles. The molecule has 1 unspecified atom stereocenters. The van der Waals surface area contributed by atoms with E-state index < -0.39 is 17.7 Å². The van der Waals surface area contributed by atoms with Gasteiger partial charge in [-0.1, -0.05) is 30.3 Å². The maximum atomic E-state index is 13.8. The number of aliphatic hydroxyl groups excluding tert-OH is 1. The smallest absolute Gasteiger partial charge is 0.322 e. The predicted molar refractivity (Wildman–Crippen MR) is 86.7 cm³/mol. The van der Waals surface area contributed by atoms with Gasteiger partial charge in [-0.05, 0) is 36.1 Å². The molecule has 0 fully saturated rings. The van der Waals surface area contributed by atoms with Crippen LogP contribution in [0.4, 0.5) is 19.3 Å². The van der Waals surface area contributed by atoms with E-state index in [2.05, 4.69) is 5.32 Å². The Balaban J connectivity index is 1.83. The summed E-state index contributed by atoms with van der Waals surface area (Å²) in [6.45, 7) is -0.0977. The summed E-state index contributed by atoms with van der Waals surface area (Å²) >= 11 is 0. The second-order valence-corrected chi connectivity index (χ2v) is 5.70. The van der Waals surface area contributed by atoms with Gasteiger partial charge in [0.2, 0.25) is 0 Å². The number of halogens is 2. The van der Waals surface area contributed by atoms with Gasteiger partial charge in [0.15, 0.2) is 11.6 Å². The molecule has 0 spiro atoms. The molecule has 2 aromatic rings. The molecule has 6 heteroatoms. The number of rotatable bonds is 4. The molecule has 0 aliphatic heterocycles. The van der Waals surface area contributed by atoms with Crippen LogP contribution in [0.15, 0.2) is 42.5 Å². The summed E-state index contributed by atoms with van der Waals surface area (Å²) in [5.41, 5.74) is 1.98. The van der Waals surface area contributed by atoms with E-state index in [1.165, 1.54) is 17.0 Å². The number of nitrogens with one attached hydrogen (secondary N) is 1. The molecule has 126 valence electrons. The summed E-state index contributed by atoms with van der Waals surface area (Å²) in [4.78, 5) is 14.0. The Kier molecular flexibility index (Phi) is 4.76. The number of carbonyl (C=O) groups is 1. The van der Waals surface area contributed by atoms with E-state index in [9.17, 15) is 18.7 Å². The van der Waals surface area contributed by atoms with Gasteiger partial charge in [-0.2, -0.15) is 0 Å². The van der Waals surface area contributed by atoms with Crippen LogP contribution < -0.4 is 5.32 Å². The molecule has 2 N–H and O–H groups in total. The summed E-state index contributed by atoms with van der Waals surface area (Å²) in [6, 6.07) is 10.7. The number of anilines is 1. The second kappa shape index (κ2) is 6.97. The zero-order valence-corrected chi connectivity index (χ0v) is 13.0. The number of carbonyl (C=O) groups excluding carboxylic acids is 1. The van der Waals surface area contributed by atoms with E-state index in [0.29, 0.717) is 0 Å². The Labute approximate surface area is 138 Å². The lowest BCUT2D eigenvalue weighted by molar-refractivity contribution is 0.162. The molecule has 1 aliphatic rings. The van der Waals surface area contributed by atoms with Crippen LogP contribution in [-0.4, -0.2) is 29.2 Å². The highest BCUT2D eigenvalue weighted by Gasteiger charge is 2.31. The Morgan fingerprint density at radius 2 is 2.00 bits per heavy atom. The van der Waals surface area contributed by atoms with E-state index >= 15 is 0 Å². The molecule has 4 nitrogen and oxygen atoms in total. The minimum Gasteiger partial charge on any atom is -0.395 e. The zero-order chi connectivity index (χ0) is 17.1. The lowest BCUT2D eigenvalue weighted by Crippen LogP contribution is -2.39. The van der Waals surface area contributed by atoms with Gasteiger partial charge in [0, 0.05) is 6.54 Å². The summed E-state index contributed by atoms with van der Waals surface area (Å²) in [7, 11) is 0. The Morgan fingerprint density at radius 3 is 2.79 bits per heavy atom. The number of benzene rings is 2. The van der Waals surface area contributed by atoms with Gasteiger partial charge in [0.25, 0.3) is 0 Å². The van der Waals surface area contributed by atoms with E-state index in [0.717, 1.165) is 30.0 Å². The molecule has 0 heterocycles. The summed E-state index contributed by atoms with van der Waals surface area (Å²) < 4.78 is 27.1. The van der Waals surface area contributed by atoms with E-state index in [-0.39, 0.29) is 24.9 Å². The van der Waals surface area contributed by atoms with Gasteiger partial charge in [-0.15, -0.1) is 0 Å². The Morgan fingerprint density at radius 1 is 1.21 bits per heavy atom. The maximum Gasteiger partial charge on any atom is 0.322 e. The van der Waals surface area contributed by atoms with Gasteiger partial charge in [-0.3, -0.25) is 0 Å². The SMILES string of the molecule is O=C(Nc1cccc(F)c1F)N(CCO)C1CCc2ccccc21. The van der Waals surface area contributed by atoms with E-state index in [4.69, 9.17) is 0 Å². The monoisotopic (exact) mass is 332 g/mol. The number of nitrogens with zero attached hydrogens (tertiary/aromatic N) is 1. The molecule has 0 bridgehead atoms. The van der Waals surface area contributed by atoms with Crippen LogP contribution in [0, 0.1) is 11.6 Å². The van der Waals surface area contributed by atoms with Crippen molar-refractivity contribution in [1.82, 2.24) is 4.90 Å². The molecular formula is C18H18F2N2O2. The average molecular weight is 332 g/mol. The third-order valence-electron chi connectivity index (χ3n) is 4.27. The Hall–Kier alpha value is -2.47. The highest BCUT2D eigenvalue weighted by Crippen LogP contribution is 2.35. The van der Waals surface area contributed by atoms with Crippen LogP contribution in [0.5, 0.6) is 0 Å². The minimum absolute atomic E-state index is 0.113. The van der Waals surface area contributed by atoms with Gasteiger partial charge < -0.3 is 15.3 Å². The summed E-state index contributed by atoms with van der Waals surface area (Å²) in [5.74, 6) is -2.12. The minimum atomic E-state index is -1.10. The van der Waals surface area contributed by atoms with Gasteiger partial charge in [-0.25, -0.2) is 13.6 Å². The first-order valence-corrected chi connectivity index (χ1v) is 7.82. The van der Waals surface area contributed by atoms with Gasteiger partial charge in [0.1, 0.15) is 0 Å². The number of urea groups is 1. The number of fused-ring (bicyclic) bond motifs is 1. The summed E-state index contributed by atoms with van der Waals surface area (Å²) in [6.07, 6.45) is 1.57. The number of aliphatic hydroxyl groups is 1. The van der Waals surface area contributed by atoms with Crippen molar-refractivity contribution in [3.63, 3.8) is 0 Å². The van der Waals surface area contributed by atoms with Gasteiger partial charge >= 0.3 is 6.03 Å². The highest BCUT2D eigenvalue weighted by atomic mass is 19.2. The third kappa shape index (κ3) is 3.10. The zero-order valence-electron chi connectivity index (χ0n) is 13.0. The first-order chi connectivity index (χ1) is 11.6. The van der Waals surface area contributed by atoms with Crippen LogP contribution in [0.25, 0.3) is 0 Å². The molecule has 0 aromatic heterocycles. The largest absolute Gasteiger partial charge is 0.395 e. The topological polar surface area (TPSA) is 52.6 Å². The van der Waals surface area contributed by atoms with E-state index in [1.807, 2.05) is 24.3 Å². The van der Waals surface area contributed by atoms with Crippen LogP contribution in [0.3, 0.4) is 0 Å². The molecule has 3 rings (SSSR count). The average Bonchev–Trinajstić information content (AvgIpc) is 3.00. The number of amides is 2. The fourth-order valence-electron chi connectivity index (χ4n) is 3.15.